The molecule has 0 aromatic carbocycles. The van der Waals surface area contributed by atoms with Gasteiger partial charge < -0.3 is 14.2 Å². The molecule has 0 N–H and O–H groups in total. The van der Waals surface area contributed by atoms with Crippen molar-refractivity contribution in [2.45, 2.75) is 284 Å². The minimum absolute atomic E-state index is 0.0856. The molecule has 5 heteroatoms. The summed E-state index contributed by atoms with van der Waals surface area (Å²) in [5, 5.41) is 0. The largest absolute Gasteiger partial charge is 0.462 e. The Morgan fingerprint density at radius 1 is 0.362 bits per heavy atom. The number of hydrogen-bond donors (Lipinski definition) is 0. The second-order valence-electron chi connectivity index (χ2n) is 17.4. The van der Waals surface area contributed by atoms with Crippen LogP contribution in [-0.4, -0.2) is 37.9 Å². The summed E-state index contributed by atoms with van der Waals surface area (Å²) >= 11 is 0. The lowest BCUT2D eigenvalue weighted by Gasteiger charge is -2.18. The summed E-state index contributed by atoms with van der Waals surface area (Å²) in [5.74, 6) is -0.397. The van der Waals surface area contributed by atoms with Crippen LogP contribution < -0.4 is 0 Å². The van der Waals surface area contributed by atoms with Gasteiger partial charge in [-0.15, -0.1) is 0 Å². The Morgan fingerprint density at radius 3 is 1.05 bits per heavy atom. The molecule has 0 rings (SSSR count). The Hall–Kier alpha value is -1.62. The fourth-order valence-electron chi connectivity index (χ4n) is 7.56. The normalized spacial score (nSPS) is 12.3. The first kappa shape index (κ1) is 56.4. The lowest BCUT2D eigenvalue weighted by atomic mass is 10.1. The van der Waals surface area contributed by atoms with Crippen LogP contribution in [0.5, 0.6) is 0 Å². The van der Waals surface area contributed by atoms with Gasteiger partial charge >= 0.3 is 11.9 Å². The van der Waals surface area contributed by atoms with E-state index < -0.39 is 6.10 Å². The summed E-state index contributed by atoms with van der Waals surface area (Å²) in [6.45, 7) is 7.83. The fraction of sp³-hybridized carbons (Fsp3) is 0.887. The Bertz CT molecular complexity index is 882. The van der Waals surface area contributed by atoms with E-state index >= 15 is 0 Å². The summed E-state index contributed by atoms with van der Waals surface area (Å²) in [4.78, 5) is 25.3. The summed E-state index contributed by atoms with van der Waals surface area (Å²) in [7, 11) is 0. The zero-order valence-electron chi connectivity index (χ0n) is 39.3. The molecule has 0 saturated heterocycles. The third-order valence-electron chi connectivity index (χ3n) is 11.5. The molecular formula is C53H100O5. The van der Waals surface area contributed by atoms with Gasteiger partial charge in [0, 0.05) is 19.4 Å². The summed E-state index contributed by atoms with van der Waals surface area (Å²) in [5.41, 5.74) is 0. The van der Waals surface area contributed by atoms with Gasteiger partial charge in [0.2, 0.25) is 0 Å². The van der Waals surface area contributed by atoms with Gasteiger partial charge in [0.25, 0.3) is 0 Å². The van der Waals surface area contributed by atoms with E-state index in [0.717, 1.165) is 51.4 Å². The third-order valence-corrected chi connectivity index (χ3v) is 11.5. The molecule has 58 heavy (non-hydrogen) atoms. The molecule has 0 saturated carbocycles. The van der Waals surface area contributed by atoms with Crippen molar-refractivity contribution in [2.75, 3.05) is 19.8 Å². The lowest BCUT2D eigenvalue weighted by Crippen LogP contribution is -2.30. The van der Waals surface area contributed by atoms with Crippen LogP contribution in [0.15, 0.2) is 24.3 Å². The van der Waals surface area contributed by atoms with Gasteiger partial charge in [-0.05, 0) is 70.6 Å². The van der Waals surface area contributed by atoms with Crippen molar-refractivity contribution in [3.05, 3.63) is 24.3 Å². The molecule has 0 radical (unpaired) electrons. The van der Waals surface area contributed by atoms with E-state index in [2.05, 4.69) is 45.1 Å². The molecule has 0 spiro atoms. The van der Waals surface area contributed by atoms with E-state index in [1.165, 1.54) is 193 Å². The van der Waals surface area contributed by atoms with E-state index in [9.17, 15) is 9.59 Å². The van der Waals surface area contributed by atoms with Crippen molar-refractivity contribution >= 4 is 11.9 Å². The topological polar surface area (TPSA) is 61.8 Å². The third kappa shape index (κ3) is 47.1. The zero-order valence-corrected chi connectivity index (χ0v) is 39.3. The van der Waals surface area contributed by atoms with Gasteiger partial charge in [-0.25, -0.2) is 0 Å². The van der Waals surface area contributed by atoms with Gasteiger partial charge in [-0.1, -0.05) is 218 Å². The van der Waals surface area contributed by atoms with Crippen molar-refractivity contribution < 1.29 is 23.8 Å². The molecule has 0 aliphatic rings. The summed E-state index contributed by atoms with van der Waals surface area (Å²) in [6.07, 6.45) is 57.6. The SMILES string of the molecule is CCCCCCCC/C=C\CCCCCCCCCCOCC(COC(=O)CCCCCCC/C=C\CCCCCCCC)OC(=O)CCCCCCCCCCC. The first-order chi connectivity index (χ1) is 28.6. The standard InChI is InChI=1S/C53H100O5/c1-4-7-10-13-16-19-21-23-25-26-27-29-31-33-36-39-42-45-48-56-49-51(58-53(55)47-44-41-38-34-18-15-12-9-6-3)50-57-52(54)46-43-40-37-35-32-30-28-24-22-20-17-14-11-8-5-2/h23-25,28,51H,4-22,26-27,29-50H2,1-3H3/b25-23-,28-24-. The smallest absolute Gasteiger partial charge is 0.306 e. The predicted molar refractivity (Wildman–Crippen MR) is 252 cm³/mol. The van der Waals surface area contributed by atoms with E-state index in [1.54, 1.807) is 0 Å². The molecule has 0 fully saturated rings. The van der Waals surface area contributed by atoms with E-state index in [4.69, 9.17) is 14.2 Å². The van der Waals surface area contributed by atoms with E-state index in [1.807, 2.05) is 0 Å². The number of esters is 2. The molecule has 0 heterocycles. The van der Waals surface area contributed by atoms with Gasteiger partial charge in [0.05, 0.1) is 6.61 Å². The van der Waals surface area contributed by atoms with Gasteiger partial charge in [0.15, 0.2) is 6.10 Å². The zero-order chi connectivity index (χ0) is 42.1. The van der Waals surface area contributed by atoms with Crippen molar-refractivity contribution in [1.29, 1.82) is 0 Å². The molecule has 0 aromatic rings. The van der Waals surface area contributed by atoms with Crippen LogP contribution in [0.4, 0.5) is 0 Å². The first-order valence-corrected chi connectivity index (χ1v) is 25.9. The van der Waals surface area contributed by atoms with Gasteiger partial charge in [0.1, 0.15) is 6.61 Å². The quantitative estimate of drug-likeness (QED) is 0.0348. The molecule has 0 aliphatic heterocycles. The molecule has 0 aliphatic carbocycles. The fourth-order valence-corrected chi connectivity index (χ4v) is 7.56. The molecule has 0 aromatic heterocycles. The van der Waals surface area contributed by atoms with E-state index in [-0.39, 0.29) is 25.2 Å². The average molecular weight is 817 g/mol. The lowest BCUT2D eigenvalue weighted by molar-refractivity contribution is -0.163. The Balaban J connectivity index is 4.16. The van der Waals surface area contributed by atoms with Crippen LogP contribution in [0.2, 0.25) is 0 Å². The maximum atomic E-state index is 12.7. The van der Waals surface area contributed by atoms with Crippen molar-refractivity contribution in [3.8, 4) is 0 Å². The minimum atomic E-state index is -0.533. The molecule has 0 bridgehead atoms. The Kier molecular flexibility index (Phi) is 48.4. The molecule has 5 nitrogen and oxygen atoms in total. The summed E-state index contributed by atoms with van der Waals surface area (Å²) in [6, 6.07) is 0. The average Bonchev–Trinajstić information content (AvgIpc) is 3.22. The highest BCUT2D eigenvalue weighted by molar-refractivity contribution is 5.70. The van der Waals surface area contributed by atoms with Crippen LogP contribution >= 0.6 is 0 Å². The monoisotopic (exact) mass is 817 g/mol. The van der Waals surface area contributed by atoms with Crippen molar-refractivity contribution in [3.63, 3.8) is 0 Å². The molecule has 342 valence electrons. The second-order valence-corrected chi connectivity index (χ2v) is 17.4. The number of rotatable bonds is 48. The summed E-state index contributed by atoms with van der Waals surface area (Å²) < 4.78 is 17.4. The molecule has 1 unspecified atom stereocenters. The minimum Gasteiger partial charge on any atom is -0.462 e. The molecular weight excluding hydrogens is 717 g/mol. The molecule has 0 amide bonds. The number of unbranched alkanes of at least 4 members (excludes halogenated alkanes) is 33. The highest BCUT2D eigenvalue weighted by Gasteiger charge is 2.17. The van der Waals surface area contributed by atoms with Gasteiger partial charge in [-0.3, -0.25) is 9.59 Å². The number of allylic oxidation sites excluding steroid dienone is 4. The molecule has 1 atom stereocenters. The maximum Gasteiger partial charge on any atom is 0.306 e. The second kappa shape index (κ2) is 49.7. The van der Waals surface area contributed by atoms with Crippen molar-refractivity contribution in [2.24, 2.45) is 0 Å². The number of carbonyl (C=O) groups is 2. The van der Waals surface area contributed by atoms with Crippen molar-refractivity contribution in [1.82, 2.24) is 0 Å². The number of hydrogen-bond acceptors (Lipinski definition) is 5. The van der Waals surface area contributed by atoms with Crippen LogP contribution in [0.3, 0.4) is 0 Å². The van der Waals surface area contributed by atoms with Crippen LogP contribution in [0.25, 0.3) is 0 Å². The number of carbonyl (C=O) groups excluding carboxylic acids is 2. The van der Waals surface area contributed by atoms with Crippen LogP contribution in [0, 0.1) is 0 Å². The maximum absolute atomic E-state index is 12.7. The first-order valence-electron chi connectivity index (χ1n) is 25.9. The predicted octanol–water partition coefficient (Wildman–Crippen LogP) is 17.2. The highest BCUT2D eigenvalue weighted by atomic mass is 16.6. The Labute approximate surface area is 362 Å². The Morgan fingerprint density at radius 2 is 0.672 bits per heavy atom. The van der Waals surface area contributed by atoms with E-state index in [0.29, 0.717) is 19.4 Å². The highest BCUT2D eigenvalue weighted by Crippen LogP contribution is 2.15. The van der Waals surface area contributed by atoms with Crippen LogP contribution in [0.1, 0.15) is 278 Å². The van der Waals surface area contributed by atoms with Crippen LogP contribution in [-0.2, 0) is 23.8 Å². The number of ether oxygens (including phenoxy) is 3. The van der Waals surface area contributed by atoms with Gasteiger partial charge in [-0.2, -0.15) is 0 Å².